The van der Waals surface area contributed by atoms with Gasteiger partial charge in [0.2, 0.25) is 0 Å². The van der Waals surface area contributed by atoms with Crippen LogP contribution in [0.25, 0.3) is 0 Å². The lowest BCUT2D eigenvalue weighted by atomic mass is 9.82. The molecule has 1 aliphatic rings. The summed E-state index contributed by atoms with van der Waals surface area (Å²) in [4.78, 5) is 10.7. The van der Waals surface area contributed by atoms with E-state index in [1.54, 1.807) is 0 Å². The van der Waals surface area contributed by atoms with E-state index in [2.05, 4.69) is 19.9 Å². The molecule has 1 aliphatic carbocycles. The maximum absolute atomic E-state index is 10.7. The van der Waals surface area contributed by atoms with Crippen molar-refractivity contribution in [2.24, 2.45) is 5.41 Å². The van der Waals surface area contributed by atoms with Crippen molar-refractivity contribution < 1.29 is 4.79 Å². The summed E-state index contributed by atoms with van der Waals surface area (Å²) in [6, 6.07) is 0. The molecule has 0 N–H and O–H groups in total. The van der Waals surface area contributed by atoms with Crippen LogP contribution in [0.3, 0.4) is 0 Å². The third-order valence-corrected chi connectivity index (χ3v) is 2.53. The SMILES string of the molecule is CC1(C)CCCCC=C1C=O. The monoisotopic (exact) mass is 152 g/mol. The number of rotatable bonds is 1. The van der Waals surface area contributed by atoms with Gasteiger partial charge in [-0.3, -0.25) is 4.79 Å². The van der Waals surface area contributed by atoms with Gasteiger partial charge in [-0.25, -0.2) is 0 Å². The lowest BCUT2D eigenvalue weighted by Gasteiger charge is -2.22. The van der Waals surface area contributed by atoms with Crippen LogP contribution in [0.1, 0.15) is 39.5 Å². The largest absolute Gasteiger partial charge is 0.298 e. The summed E-state index contributed by atoms with van der Waals surface area (Å²) in [6.07, 6.45) is 7.84. The molecular weight excluding hydrogens is 136 g/mol. The summed E-state index contributed by atoms with van der Waals surface area (Å²) in [5, 5.41) is 0. The van der Waals surface area contributed by atoms with Gasteiger partial charge in [0.1, 0.15) is 6.29 Å². The minimum absolute atomic E-state index is 0.123. The smallest absolute Gasteiger partial charge is 0.146 e. The molecule has 1 heteroatoms. The van der Waals surface area contributed by atoms with Crippen LogP contribution in [0.15, 0.2) is 11.6 Å². The Morgan fingerprint density at radius 3 is 2.82 bits per heavy atom. The first-order valence-corrected chi connectivity index (χ1v) is 4.32. The molecule has 11 heavy (non-hydrogen) atoms. The molecule has 0 atom stereocenters. The van der Waals surface area contributed by atoms with Crippen molar-refractivity contribution in [1.82, 2.24) is 0 Å². The molecule has 0 aromatic carbocycles. The maximum Gasteiger partial charge on any atom is 0.146 e. The molecule has 1 nitrogen and oxygen atoms in total. The van der Waals surface area contributed by atoms with E-state index in [0.29, 0.717) is 0 Å². The third-order valence-electron chi connectivity index (χ3n) is 2.53. The zero-order chi connectivity index (χ0) is 8.32. The summed E-state index contributed by atoms with van der Waals surface area (Å²) < 4.78 is 0. The minimum atomic E-state index is 0.123. The summed E-state index contributed by atoms with van der Waals surface area (Å²) in [7, 11) is 0. The molecule has 0 aromatic rings. The normalized spacial score (nSPS) is 23.6. The summed E-state index contributed by atoms with van der Waals surface area (Å²) in [5.41, 5.74) is 1.12. The van der Waals surface area contributed by atoms with Crippen molar-refractivity contribution in [3.8, 4) is 0 Å². The number of carbonyl (C=O) groups excluding carboxylic acids is 1. The lowest BCUT2D eigenvalue weighted by Crippen LogP contribution is -2.14. The molecule has 0 heterocycles. The van der Waals surface area contributed by atoms with Crippen LogP contribution in [-0.2, 0) is 4.79 Å². The van der Waals surface area contributed by atoms with Crippen LogP contribution in [0.2, 0.25) is 0 Å². The standard InChI is InChI=1S/C10H16O/c1-10(2)7-5-3-4-6-9(10)8-11/h6,8H,3-5,7H2,1-2H3. The van der Waals surface area contributed by atoms with E-state index in [0.717, 1.165) is 24.7 Å². The Kier molecular flexibility index (Phi) is 2.48. The molecule has 0 amide bonds. The first kappa shape index (κ1) is 8.51. The Morgan fingerprint density at radius 1 is 1.45 bits per heavy atom. The van der Waals surface area contributed by atoms with E-state index in [4.69, 9.17) is 0 Å². The van der Waals surface area contributed by atoms with E-state index in [1.807, 2.05) is 0 Å². The van der Waals surface area contributed by atoms with Crippen LogP contribution < -0.4 is 0 Å². The van der Waals surface area contributed by atoms with E-state index >= 15 is 0 Å². The average Bonchev–Trinajstić information content (AvgIpc) is 2.10. The molecule has 0 saturated carbocycles. The van der Waals surface area contributed by atoms with E-state index < -0.39 is 0 Å². The van der Waals surface area contributed by atoms with Crippen LogP contribution in [-0.4, -0.2) is 6.29 Å². The van der Waals surface area contributed by atoms with E-state index in [1.165, 1.54) is 12.8 Å². The van der Waals surface area contributed by atoms with Crippen molar-refractivity contribution in [3.63, 3.8) is 0 Å². The van der Waals surface area contributed by atoms with E-state index in [9.17, 15) is 4.79 Å². The van der Waals surface area contributed by atoms with Crippen LogP contribution >= 0.6 is 0 Å². The Labute approximate surface area is 68.5 Å². The van der Waals surface area contributed by atoms with Gasteiger partial charge in [-0.15, -0.1) is 0 Å². The van der Waals surface area contributed by atoms with Gasteiger partial charge in [-0.1, -0.05) is 26.3 Å². The molecule has 0 saturated heterocycles. The van der Waals surface area contributed by atoms with Crippen LogP contribution in [0.4, 0.5) is 0 Å². The predicted octanol–water partition coefficient (Wildman–Crippen LogP) is 2.71. The Bertz CT molecular complexity index is 177. The lowest BCUT2D eigenvalue weighted by molar-refractivity contribution is -0.105. The van der Waals surface area contributed by atoms with Gasteiger partial charge in [-0.05, 0) is 30.3 Å². The zero-order valence-electron chi connectivity index (χ0n) is 7.39. The second-order valence-corrected chi connectivity index (χ2v) is 3.91. The third kappa shape index (κ3) is 1.92. The summed E-state index contributed by atoms with van der Waals surface area (Å²) in [5.74, 6) is 0. The van der Waals surface area contributed by atoms with Gasteiger partial charge in [0.25, 0.3) is 0 Å². The first-order chi connectivity index (χ1) is 5.17. The molecule has 0 unspecified atom stereocenters. The van der Waals surface area contributed by atoms with Crippen molar-refractivity contribution in [1.29, 1.82) is 0 Å². The Hall–Kier alpha value is -0.590. The Morgan fingerprint density at radius 2 is 2.18 bits per heavy atom. The van der Waals surface area contributed by atoms with Gasteiger partial charge in [0.15, 0.2) is 0 Å². The fourth-order valence-corrected chi connectivity index (χ4v) is 1.60. The van der Waals surface area contributed by atoms with E-state index in [-0.39, 0.29) is 5.41 Å². The summed E-state index contributed by atoms with van der Waals surface area (Å²) in [6.45, 7) is 4.30. The molecule has 0 aromatic heterocycles. The van der Waals surface area contributed by atoms with Crippen molar-refractivity contribution in [2.45, 2.75) is 39.5 Å². The highest BCUT2D eigenvalue weighted by atomic mass is 16.1. The number of carbonyl (C=O) groups is 1. The zero-order valence-corrected chi connectivity index (χ0v) is 7.39. The molecular formula is C10H16O. The molecule has 0 radical (unpaired) electrons. The second-order valence-electron chi connectivity index (χ2n) is 3.91. The van der Waals surface area contributed by atoms with Crippen molar-refractivity contribution in [2.75, 3.05) is 0 Å². The average molecular weight is 152 g/mol. The minimum Gasteiger partial charge on any atom is -0.298 e. The number of hydrogen-bond acceptors (Lipinski definition) is 1. The second kappa shape index (κ2) is 3.21. The number of hydrogen-bond donors (Lipinski definition) is 0. The maximum atomic E-state index is 10.7. The van der Waals surface area contributed by atoms with Crippen molar-refractivity contribution >= 4 is 6.29 Å². The predicted molar refractivity (Wildman–Crippen MR) is 46.4 cm³/mol. The van der Waals surface area contributed by atoms with Gasteiger partial charge in [-0.2, -0.15) is 0 Å². The van der Waals surface area contributed by atoms with Crippen LogP contribution in [0.5, 0.6) is 0 Å². The van der Waals surface area contributed by atoms with Crippen LogP contribution in [0, 0.1) is 5.41 Å². The first-order valence-electron chi connectivity index (χ1n) is 4.32. The quantitative estimate of drug-likeness (QED) is 0.528. The Balaban J connectivity index is 2.81. The summed E-state index contributed by atoms with van der Waals surface area (Å²) >= 11 is 0. The molecule has 0 bridgehead atoms. The molecule has 0 aliphatic heterocycles. The molecule has 1 rings (SSSR count). The van der Waals surface area contributed by atoms with Gasteiger partial charge >= 0.3 is 0 Å². The number of aldehydes is 1. The highest BCUT2D eigenvalue weighted by Crippen LogP contribution is 2.34. The highest BCUT2D eigenvalue weighted by Gasteiger charge is 2.23. The fourth-order valence-electron chi connectivity index (χ4n) is 1.60. The highest BCUT2D eigenvalue weighted by molar-refractivity contribution is 5.75. The van der Waals surface area contributed by atoms with Gasteiger partial charge in [0, 0.05) is 0 Å². The fraction of sp³-hybridized carbons (Fsp3) is 0.700. The molecule has 62 valence electrons. The molecule has 0 spiro atoms. The molecule has 0 fully saturated rings. The van der Waals surface area contributed by atoms with Gasteiger partial charge < -0.3 is 0 Å². The number of allylic oxidation sites excluding steroid dienone is 2. The van der Waals surface area contributed by atoms with Gasteiger partial charge in [0.05, 0.1) is 0 Å². The topological polar surface area (TPSA) is 17.1 Å². The van der Waals surface area contributed by atoms with Crippen molar-refractivity contribution in [3.05, 3.63) is 11.6 Å².